The molecule has 6 rings (SSSR count). The zero-order chi connectivity index (χ0) is 23.4. The van der Waals surface area contributed by atoms with Crippen LogP contribution in [0, 0.1) is 0 Å². The molecule has 2 heterocycles. The van der Waals surface area contributed by atoms with E-state index < -0.39 is 0 Å². The molecule has 0 saturated heterocycles. The van der Waals surface area contributed by atoms with Gasteiger partial charge in [-0.15, -0.1) is 0 Å². The summed E-state index contributed by atoms with van der Waals surface area (Å²) in [5, 5.41) is 0. The molecule has 2 aliphatic heterocycles. The largest absolute Gasteiger partial charge is 0.399 e. The van der Waals surface area contributed by atoms with Gasteiger partial charge in [0.25, 0.3) is 0 Å². The van der Waals surface area contributed by atoms with Crippen LogP contribution in [0.3, 0.4) is 0 Å². The van der Waals surface area contributed by atoms with Crippen molar-refractivity contribution in [2.24, 2.45) is 0 Å². The Hall–Kier alpha value is -3.92. The second-order valence-electron chi connectivity index (χ2n) is 9.72. The molecule has 0 spiro atoms. The number of anilines is 6. The van der Waals surface area contributed by atoms with E-state index in [4.69, 9.17) is 11.5 Å². The molecule has 34 heavy (non-hydrogen) atoms. The highest BCUT2D eigenvalue weighted by atomic mass is 15.2. The van der Waals surface area contributed by atoms with Crippen LogP contribution in [0.2, 0.25) is 0 Å². The van der Waals surface area contributed by atoms with E-state index in [-0.39, 0.29) is 0 Å². The molecule has 4 heteroatoms. The Balaban J connectivity index is 1.34. The van der Waals surface area contributed by atoms with Gasteiger partial charge in [0.2, 0.25) is 0 Å². The Labute approximate surface area is 201 Å². The molecule has 0 aliphatic carbocycles. The second kappa shape index (κ2) is 7.84. The third kappa shape index (κ3) is 3.38. The third-order valence-electron chi connectivity index (χ3n) is 7.22. The number of fused-ring (bicyclic) bond motifs is 2. The minimum absolute atomic E-state index is 0.403. The van der Waals surface area contributed by atoms with Gasteiger partial charge < -0.3 is 21.3 Å². The summed E-state index contributed by atoms with van der Waals surface area (Å²) in [5.41, 5.74) is 23.9. The van der Waals surface area contributed by atoms with E-state index in [1.807, 2.05) is 24.3 Å². The van der Waals surface area contributed by atoms with Crippen molar-refractivity contribution in [1.29, 1.82) is 0 Å². The SMILES string of the molecule is CC1Cc2cc(-c3ccc4c(c3)CC(C)N4c3cccc(N)c3)ccc2N1c1cccc(N)c1. The lowest BCUT2D eigenvalue weighted by molar-refractivity contribution is 0.759. The first-order valence-corrected chi connectivity index (χ1v) is 12.0. The molecule has 0 aromatic heterocycles. The van der Waals surface area contributed by atoms with E-state index in [2.05, 4.69) is 84.3 Å². The van der Waals surface area contributed by atoms with Crippen LogP contribution in [-0.4, -0.2) is 12.1 Å². The Kier molecular flexibility index (Phi) is 4.77. The van der Waals surface area contributed by atoms with E-state index >= 15 is 0 Å². The second-order valence-corrected chi connectivity index (χ2v) is 9.72. The normalized spacial score (nSPS) is 18.8. The maximum absolute atomic E-state index is 6.06. The maximum Gasteiger partial charge on any atom is 0.0447 e. The number of nitrogen functional groups attached to an aromatic ring is 2. The van der Waals surface area contributed by atoms with E-state index in [0.717, 1.165) is 35.6 Å². The predicted octanol–water partition coefficient (Wildman–Crippen LogP) is 6.68. The van der Waals surface area contributed by atoms with Crippen LogP contribution in [0.15, 0.2) is 84.9 Å². The summed E-state index contributed by atoms with van der Waals surface area (Å²) >= 11 is 0. The predicted molar refractivity (Wildman–Crippen MR) is 144 cm³/mol. The lowest BCUT2D eigenvalue weighted by Crippen LogP contribution is -2.23. The first-order chi connectivity index (χ1) is 16.5. The van der Waals surface area contributed by atoms with Gasteiger partial charge in [0.1, 0.15) is 0 Å². The van der Waals surface area contributed by atoms with Gasteiger partial charge in [0.05, 0.1) is 0 Å². The van der Waals surface area contributed by atoms with Gasteiger partial charge in [-0.2, -0.15) is 0 Å². The molecule has 0 saturated carbocycles. The summed E-state index contributed by atoms with van der Waals surface area (Å²) in [4.78, 5) is 4.81. The van der Waals surface area contributed by atoms with Crippen molar-refractivity contribution in [2.45, 2.75) is 38.8 Å². The Morgan fingerprint density at radius 2 is 1.03 bits per heavy atom. The summed E-state index contributed by atoms with van der Waals surface area (Å²) in [5.74, 6) is 0. The zero-order valence-corrected chi connectivity index (χ0v) is 19.7. The smallest absolute Gasteiger partial charge is 0.0447 e. The van der Waals surface area contributed by atoms with Crippen LogP contribution >= 0.6 is 0 Å². The van der Waals surface area contributed by atoms with Crippen LogP contribution in [0.25, 0.3) is 11.1 Å². The maximum atomic E-state index is 6.06. The van der Waals surface area contributed by atoms with Crippen LogP contribution < -0.4 is 21.3 Å². The quantitative estimate of drug-likeness (QED) is 0.345. The van der Waals surface area contributed by atoms with Crippen molar-refractivity contribution in [3.8, 4) is 11.1 Å². The van der Waals surface area contributed by atoms with Crippen LogP contribution in [0.4, 0.5) is 34.1 Å². The first-order valence-electron chi connectivity index (χ1n) is 12.0. The molecule has 0 bridgehead atoms. The summed E-state index contributed by atoms with van der Waals surface area (Å²) < 4.78 is 0. The number of benzene rings is 4. The molecule has 4 aromatic carbocycles. The summed E-state index contributed by atoms with van der Waals surface area (Å²) in [6.07, 6.45) is 2.06. The Bertz CT molecular complexity index is 1290. The average molecular weight is 447 g/mol. The molecular formula is C30H30N4. The number of nitrogens with two attached hydrogens (primary N) is 2. The molecule has 170 valence electrons. The number of nitrogens with zero attached hydrogens (tertiary/aromatic N) is 2. The van der Waals surface area contributed by atoms with E-state index in [1.54, 1.807) is 0 Å². The van der Waals surface area contributed by atoms with E-state index in [9.17, 15) is 0 Å². The molecule has 2 atom stereocenters. The van der Waals surface area contributed by atoms with Crippen LogP contribution in [-0.2, 0) is 12.8 Å². The highest BCUT2D eigenvalue weighted by Crippen LogP contribution is 2.43. The van der Waals surface area contributed by atoms with Gasteiger partial charge in [0.15, 0.2) is 0 Å². The number of hydrogen-bond donors (Lipinski definition) is 2. The minimum atomic E-state index is 0.403. The topological polar surface area (TPSA) is 58.5 Å². The lowest BCUT2D eigenvalue weighted by Gasteiger charge is -2.25. The fraction of sp³-hybridized carbons (Fsp3) is 0.200. The van der Waals surface area contributed by atoms with Gasteiger partial charge in [-0.25, -0.2) is 0 Å². The fourth-order valence-corrected chi connectivity index (χ4v) is 5.76. The average Bonchev–Trinajstić information content (AvgIpc) is 3.32. The molecule has 4 nitrogen and oxygen atoms in total. The lowest BCUT2D eigenvalue weighted by atomic mass is 9.98. The summed E-state index contributed by atoms with van der Waals surface area (Å²) in [6, 6.07) is 30.9. The van der Waals surface area contributed by atoms with Gasteiger partial charge in [-0.05, 0) is 110 Å². The van der Waals surface area contributed by atoms with Gasteiger partial charge in [-0.3, -0.25) is 0 Å². The standard InChI is InChI=1S/C30H30N4/c1-19-13-23-15-21(9-11-29(23)33(19)27-7-3-5-25(31)17-27)22-10-12-30-24(16-22)14-20(2)34(30)28-8-4-6-26(32)18-28/h3-12,15-20H,13-14,31-32H2,1-2H3. The minimum Gasteiger partial charge on any atom is -0.399 e. The number of rotatable bonds is 3. The molecule has 0 amide bonds. The van der Waals surface area contributed by atoms with Crippen molar-refractivity contribution in [3.05, 3.63) is 96.1 Å². The highest BCUT2D eigenvalue weighted by molar-refractivity contribution is 5.80. The van der Waals surface area contributed by atoms with Crippen molar-refractivity contribution in [3.63, 3.8) is 0 Å². The Morgan fingerprint density at radius 3 is 1.44 bits per heavy atom. The molecule has 4 N–H and O–H groups in total. The molecule has 4 aromatic rings. The molecule has 2 unspecified atom stereocenters. The Morgan fingerprint density at radius 1 is 0.588 bits per heavy atom. The molecule has 0 radical (unpaired) electrons. The van der Waals surface area contributed by atoms with Crippen molar-refractivity contribution in [1.82, 2.24) is 0 Å². The zero-order valence-electron chi connectivity index (χ0n) is 19.7. The van der Waals surface area contributed by atoms with Gasteiger partial charge in [-0.1, -0.05) is 24.3 Å². The van der Waals surface area contributed by atoms with Gasteiger partial charge >= 0.3 is 0 Å². The van der Waals surface area contributed by atoms with Crippen molar-refractivity contribution >= 4 is 34.1 Å². The summed E-state index contributed by atoms with van der Waals surface area (Å²) in [7, 11) is 0. The van der Waals surface area contributed by atoms with Crippen molar-refractivity contribution in [2.75, 3.05) is 21.3 Å². The summed E-state index contributed by atoms with van der Waals surface area (Å²) in [6.45, 7) is 4.56. The monoisotopic (exact) mass is 446 g/mol. The molecule has 2 aliphatic rings. The first kappa shape index (κ1) is 20.7. The van der Waals surface area contributed by atoms with E-state index in [1.165, 1.54) is 33.6 Å². The number of hydrogen-bond acceptors (Lipinski definition) is 4. The van der Waals surface area contributed by atoms with Crippen LogP contribution in [0.1, 0.15) is 25.0 Å². The third-order valence-corrected chi connectivity index (χ3v) is 7.22. The molecular weight excluding hydrogens is 416 g/mol. The van der Waals surface area contributed by atoms with Crippen LogP contribution in [0.5, 0.6) is 0 Å². The fourth-order valence-electron chi connectivity index (χ4n) is 5.76. The van der Waals surface area contributed by atoms with E-state index in [0.29, 0.717) is 12.1 Å². The van der Waals surface area contributed by atoms with Gasteiger partial charge in [0, 0.05) is 46.2 Å². The van der Waals surface area contributed by atoms with Crippen molar-refractivity contribution < 1.29 is 0 Å². The molecule has 0 fully saturated rings. The highest BCUT2D eigenvalue weighted by Gasteiger charge is 2.29.